The summed E-state index contributed by atoms with van der Waals surface area (Å²) >= 11 is 0. The lowest BCUT2D eigenvalue weighted by Gasteiger charge is -2.11. The molecule has 0 radical (unpaired) electrons. The average molecular weight is 284 g/mol. The molecule has 7 heteroatoms. The van der Waals surface area contributed by atoms with Gasteiger partial charge in [-0.15, -0.1) is 10.2 Å². The number of nitrogens with zero attached hydrogens (tertiary/aromatic N) is 5. The van der Waals surface area contributed by atoms with Gasteiger partial charge in [0, 0.05) is 11.6 Å². The van der Waals surface area contributed by atoms with E-state index in [1.54, 1.807) is 11.0 Å². The molecule has 0 saturated carbocycles. The van der Waals surface area contributed by atoms with E-state index in [1.807, 2.05) is 30.3 Å². The van der Waals surface area contributed by atoms with Crippen molar-refractivity contribution in [2.24, 2.45) is 0 Å². The lowest BCUT2D eigenvalue weighted by atomic mass is 10.2. The zero-order valence-electron chi connectivity index (χ0n) is 11.7. The van der Waals surface area contributed by atoms with Gasteiger partial charge in [-0.25, -0.2) is 4.98 Å². The molecule has 2 heterocycles. The molecule has 0 fully saturated rings. The van der Waals surface area contributed by atoms with Crippen LogP contribution in [0.5, 0.6) is 0 Å². The van der Waals surface area contributed by atoms with Gasteiger partial charge < -0.3 is 9.73 Å². The van der Waals surface area contributed by atoms with E-state index in [2.05, 4.69) is 32.5 Å². The van der Waals surface area contributed by atoms with Gasteiger partial charge >= 0.3 is 0 Å². The monoisotopic (exact) mass is 284 g/mol. The molecule has 0 aliphatic heterocycles. The predicted octanol–water partition coefficient (Wildman–Crippen LogP) is 1.51. The molecule has 1 aromatic carbocycles. The average Bonchev–Trinajstić information content (AvgIpc) is 3.17. The van der Waals surface area contributed by atoms with Gasteiger partial charge in [0.1, 0.15) is 12.7 Å². The molecule has 7 nitrogen and oxygen atoms in total. The van der Waals surface area contributed by atoms with E-state index in [0.717, 1.165) is 12.1 Å². The summed E-state index contributed by atoms with van der Waals surface area (Å²) in [6.07, 6.45) is 3.22. The largest absolute Gasteiger partial charge is 0.419 e. The van der Waals surface area contributed by atoms with Crippen molar-refractivity contribution in [3.05, 3.63) is 48.9 Å². The van der Waals surface area contributed by atoms with Crippen LogP contribution in [0.4, 0.5) is 0 Å². The fraction of sp³-hybridized carbons (Fsp3) is 0.286. The van der Waals surface area contributed by atoms with E-state index in [1.165, 1.54) is 6.33 Å². The van der Waals surface area contributed by atoms with E-state index in [0.29, 0.717) is 18.3 Å². The molecule has 3 aromatic rings. The van der Waals surface area contributed by atoms with Crippen molar-refractivity contribution in [1.82, 2.24) is 30.3 Å². The number of hydrogen-bond donors (Lipinski definition) is 1. The minimum absolute atomic E-state index is 0.221. The van der Waals surface area contributed by atoms with Crippen molar-refractivity contribution in [3.63, 3.8) is 0 Å². The fourth-order valence-electron chi connectivity index (χ4n) is 1.96. The second kappa shape index (κ2) is 6.27. The Balaban J connectivity index is 1.55. The first-order valence-corrected chi connectivity index (χ1v) is 6.75. The van der Waals surface area contributed by atoms with Crippen LogP contribution >= 0.6 is 0 Å². The van der Waals surface area contributed by atoms with Crippen molar-refractivity contribution in [3.8, 4) is 11.5 Å². The molecular formula is C14H16N6O. The maximum Gasteiger partial charge on any atom is 0.247 e. The van der Waals surface area contributed by atoms with Crippen LogP contribution in [0.3, 0.4) is 0 Å². The fourth-order valence-corrected chi connectivity index (χ4v) is 1.96. The minimum atomic E-state index is 0.221. The molecule has 0 saturated heterocycles. The van der Waals surface area contributed by atoms with Crippen LogP contribution in [0, 0.1) is 0 Å². The van der Waals surface area contributed by atoms with E-state index in [4.69, 9.17) is 4.42 Å². The van der Waals surface area contributed by atoms with Crippen molar-refractivity contribution in [2.75, 3.05) is 0 Å². The van der Waals surface area contributed by atoms with Crippen molar-refractivity contribution in [2.45, 2.75) is 26.1 Å². The highest BCUT2D eigenvalue weighted by molar-refractivity contribution is 5.51. The van der Waals surface area contributed by atoms with Gasteiger partial charge in [0.25, 0.3) is 0 Å². The lowest BCUT2D eigenvalue weighted by molar-refractivity contribution is 0.410. The molecule has 3 rings (SSSR count). The molecule has 0 bridgehead atoms. The van der Waals surface area contributed by atoms with Crippen LogP contribution in [-0.4, -0.2) is 31.0 Å². The molecule has 0 amide bonds. The first kappa shape index (κ1) is 13.4. The summed E-state index contributed by atoms with van der Waals surface area (Å²) < 4.78 is 7.41. The Bertz CT molecular complexity index is 664. The zero-order valence-corrected chi connectivity index (χ0v) is 11.7. The summed E-state index contributed by atoms with van der Waals surface area (Å²) in [6, 6.07) is 9.94. The highest BCUT2D eigenvalue weighted by atomic mass is 16.4. The Labute approximate surface area is 122 Å². The molecule has 21 heavy (non-hydrogen) atoms. The molecule has 0 aliphatic carbocycles. The minimum Gasteiger partial charge on any atom is -0.419 e. The van der Waals surface area contributed by atoms with Gasteiger partial charge in [0.05, 0.1) is 13.1 Å². The second-order valence-electron chi connectivity index (χ2n) is 4.77. The third-order valence-corrected chi connectivity index (χ3v) is 3.02. The van der Waals surface area contributed by atoms with E-state index in [-0.39, 0.29) is 6.04 Å². The Morgan fingerprint density at radius 3 is 2.86 bits per heavy atom. The van der Waals surface area contributed by atoms with Gasteiger partial charge in [-0.1, -0.05) is 18.2 Å². The van der Waals surface area contributed by atoms with Crippen LogP contribution in [0.2, 0.25) is 0 Å². The van der Waals surface area contributed by atoms with E-state index in [9.17, 15) is 0 Å². The maximum absolute atomic E-state index is 5.64. The summed E-state index contributed by atoms with van der Waals surface area (Å²) in [5, 5.41) is 15.5. The molecule has 2 aromatic heterocycles. The summed E-state index contributed by atoms with van der Waals surface area (Å²) in [7, 11) is 0. The molecule has 1 atom stereocenters. The van der Waals surface area contributed by atoms with Gasteiger partial charge in [-0.3, -0.25) is 4.68 Å². The molecule has 1 unspecified atom stereocenters. The van der Waals surface area contributed by atoms with Crippen LogP contribution in [-0.2, 0) is 13.1 Å². The van der Waals surface area contributed by atoms with Crippen LogP contribution < -0.4 is 5.32 Å². The predicted molar refractivity (Wildman–Crippen MR) is 76.1 cm³/mol. The Morgan fingerprint density at radius 1 is 1.24 bits per heavy atom. The second-order valence-corrected chi connectivity index (χ2v) is 4.77. The van der Waals surface area contributed by atoms with Crippen LogP contribution in [0.1, 0.15) is 12.8 Å². The van der Waals surface area contributed by atoms with Gasteiger partial charge in [0.15, 0.2) is 0 Å². The highest BCUT2D eigenvalue weighted by Gasteiger charge is 2.09. The third kappa shape index (κ3) is 3.51. The summed E-state index contributed by atoms with van der Waals surface area (Å²) in [5.41, 5.74) is 0.923. The smallest absolute Gasteiger partial charge is 0.247 e. The molecule has 0 spiro atoms. The Kier molecular flexibility index (Phi) is 4.02. The SMILES string of the molecule is CC(Cn1cncn1)NCc1nnc(-c2ccccc2)o1. The van der Waals surface area contributed by atoms with Crippen LogP contribution in [0.15, 0.2) is 47.4 Å². The molecule has 108 valence electrons. The van der Waals surface area contributed by atoms with E-state index < -0.39 is 0 Å². The van der Waals surface area contributed by atoms with Gasteiger partial charge in [0.2, 0.25) is 11.8 Å². The first-order chi connectivity index (χ1) is 10.3. The number of aromatic nitrogens is 5. The Hall–Kier alpha value is -2.54. The van der Waals surface area contributed by atoms with Gasteiger partial charge in [-0.2, -0.15) is 5.10 Å². The molecule has 1 N–H and O–H groups in total. The van der Waals surface area contributed by atoms with Crippen molar-refractivity contribution < 1.29 is 4.42 Å². The highest BCUT2D eigenvalue weighted by Crippen LogP contribution is 2.16. The quantitative estimate of drug-likeness (QED) is 0.739. The van der Waals surface area contributed by atoms with E-state index >= 15 is 0 Å². The van der Waals surface area contributed by atoms with Crippen molar-refractivity contribution in [1.29, 1.82) is 0 Å². The standard InChI is InChI=1S/C14H16N6O/c1-11(8-20-10-15-9-17-20)16-7-13-18-19-14(21-13)12-5-3-2-4-6-12/h2-6,9-11,16H,7-8H2,1H3. The summed E-state index contributed by atoms with van der Waals surface area (Å²) in [4.78, 5) is 3.91. The molecular weight excluding hydrogens is 268 g/mol. The number of hydrogen-bond acceptors (Lipinski definition) is 6. The normalized spacial score (nSPS) is 12.4. The lowest BCUT2D eigenvalue weighted by Crippen LogP contribution is -2.30. The van der Waals surface area contributed by atoms with Crippen LogP contribution in [0.25, 0.3) is 11.5 Å². The third-order valence-electron chi connectivity index (χ3n) is 3.02. The first-order valence-electron chi connectivity index (χ1n) is 6.75. The maximum atomic E-state index is 5.64. The van der Waals surface area contributed by atoms with Crippen molar-refractivity contribution >= 4 is 0 Å². The number of rotatable bonds is 6. The summed E-state index contributed by atoms with van der Waals surface area (Å²) in [6.45, 7) is 3.32. The number of nitrogens with one attached hydrogen (secondary N) is 1. The summed E-state index contributed by atoms with van der Waals surface area (Å²) in [5.74, 6) is 1.11. The topological polar surface area (TPSA) is 81.7 Å². The zero-order chi connectivity index (χ0) is 14.5. The number of benzene rings is 1. The Morgan fingerprint density at radius 2 is 2.10 bits per heavy atom. The van der Waals surface area contributed by atoms with Gasteiger partial charge in [-0.05, 0) is 19.1 Å². The molecule has 0 aliphatic rings.